The first kappa shape index (κ1) is 18.3. The maximum Gasteiger partial charge on any atom is 0.416 e. The van der Waals surface area contributed by atoms with Crippen LogP contribution in [0.25, 0.3) is 0 Å². The number of halogens is 3. The number of hydrogen-bond acceptors (Lipinski definition) is 2. The monoisotopic (exact) mass is 444 g/mol. The molecule has 0 saturated heterocycles. The smallest absolute Gasteiger partial charge is 0.396 e. The van der Waals surface area contributed by atoms with E-state index in [1.807, 2.05) is 0 Å². The maximum atomic E-state index is 12.3. The van der Waals surface area contributed by atoms with Crippen LogP contribution in [-0.2, 0) is 27.2 Å². The topological polar surface area (TPSA) is 37.3 Å². The number of carbonyl (C=O) groups excluding carboxylic acids is 1. The standard InChI is InChI=1S/C13H15F3O2.W/c14-13(15,16)11-7-5-10(6-8-11)12(18)4-2-1-3-9-17;/h5-8,17H,1-4,9H2;. The van der Waals surface area contributed by atoms with Crippen LogP contribution in [0.2, 0.25) is 0 Å². The number of ketones is 1. The van der Waals surface area contributed by atoms with Crippen molar-refractivity contribution in [1.29, 1.82) is 0 Å². The fraction of sp³-hybridized carbons (Fsp3) is 0.462. The van der Waals surface area contributed by atoms with Gasteiger partial charge in [0.15, 0.2) is 5.78 Å². The summed E-state index contributed by atoms with van der Waals surface area (Å²) in [4.78, 5) is 11.6. The van der Waals surface area contributed by atoms with Crippen molar-refractivity contribution in [3.63, 3.8) is 0 Å². The molecule has 0 aliphatic heterocycles. The molecule has 1 rings (SSSR count). The van der Waals surface area contributed by atoms with Gasteiger partial charge >= 0.3 is 6.18 Å². The van der Waals surface area contributed by atoms with Crippen LogP contribution in [0.3, 0.4) is 0 Å². The van der Waals surface area contributed by atoms with Gasteiger partial charge in [0, 0.05) is 39.7 Å². The summed E-state index contributed by atoms with van der Waals surface area (Å²) in [7, 11) is 0. The summed E-state index contributed by atoms with van der Waals surface area (Å²) < 4.78 is 36.9. The normalized spacial score (nSPS) is 10.9. The molecule has 0 bridgehead atoms. The van der Waals surface area contributed by atoms with Crippen molar-refractivity contribution >= 4 is 5.78 Å². The van der Waals surface area contributed by atoms with E-state index in [1.54, 1.807) is 0 Å². The van der Waals surface area contributed by atoms with Gasteiger partial charge < -0.3 is 5.11 Å². The molecule has 1 aromatic rings. The Balaban J connectivity index is 0.00000324. The molecule has 0 radical (unpaired) electrons. The predicted octanol–water partition coefficient (Wildman–Crippen LogP) is 3.44. The largest absolute Gasteiger partial charge is 0.416 e. The zero-order chi connectivity index (χ0) is 13.6. The minimum absolute atomic E-state index is 0. The molecule has 0 aliphatic carbocycles. The summed E-state index contributed by atoms with van der Waals surface area (Å²) in [6, 6.07) is 4.25. The Morgan fingerprint density at radius 3 is 2.11 bits per heavy atom. The first-order valence-corrected chi connectivity index (χ1v) is 5.76. The molecule has 0 amide bonds. The molecular formula is C13H15F3O2W. The van der Waals surface area contributed by atoms with E-state index in [0.29, 0.717) is 24.8 Å². The second kappa shape index (κ2) is 8.49. The molecule has 0 heterocycles. The number of aliphatic hydroxyl groups excluding tert-OH is 1. The molecular weight excluding hydrogens is 429 g/mol. The molecule has 0 spiro atoms. The summed E-state index contributed by atoms with van der Waals surface area (Å²) in [5.41, 5.74) is -0.452. The average molecular weight is 444 g/mol. The summed E-state index contributed by atoms with van der Waals surface area (Å²) in [5, 5.41) is 8.56. The molecule has 6 heteroatoms. The number of carbonyl (C=O) groups is 1. The molecule has 0 fully saturated rings. The Morgan fingerprint density at radius 1 is 1.05 bits per heavy atom. The molecule has 0 aliphatic rings. The SMILES string of the molecule is O=C(CCCCCO)c1ccc(C(F)(F)F)cc1.[W]. The number of Topliss-reactive ketones (excluding diaryl/α,β-unsaturated/α-hetero) is 1. The Labute approximate surface area is 124 Å². The number of aliphatic hydroxyl groups is 1. The third-order valence-corrected chi connectivity index (χ3v) is 2.60. The van der Waals surface area contributed by atoms with Crippen molar-refractivity contribution in [2.45, 2.75) is 31.9 Å². The molecule has 0 atom stereocenters. The van der Waals surface area contributed by atoms with Crippen molar-refractivity contribution in [2.24, 2.45) is 0 Å². The van der Waals surface area contributed by atoms with Crippen LogP contribution in [0, 0.1) is 0 Å². The predicted molar refractivity (Wildman–Crippen MR) is 61.3 cm³/mol. The zero-order valence-corrected chi connectivity index (χ0v) is 13.2. The summed E-state index contributed by atoms with van der Waals surface area (Å²) in [6.45, 7) is 0.0917. The van der Waals surface area contributed by atoms with E-state index in [1.165, 1.54) is 12.1 Å². The second-order valence-electron chi connectivity index (χ2n) is 4.03. The Kier molecular flexibility index (Phi) is 8.19. The van der Waals surface area contributed by atoms with Crippen LogP contribution in [-0.4, -0.2) is 17.5 Å². The van der Waals surface area contributed by atoms with Gasteiger partial charge in [-0.1, -0.05) is 18.6 Å². The van der Waals surface area contributed by atoms with Gasteiger partial charge in [-0.25, -0.2) is 0 Å². The van der Waals surface area contributed by atoms with Crippen molar-refractivity contribution in [1.82, 2.24) is 0 Å². The van der Waals surface area contributed by atoms with E-state index in [9.17, 15) is 18.0 Å². The average Bonchev–Trinajstić information content (AvgIpc) is 2.33. The Morgan fingerprint density at radius 2 is 1.63 bits per heavy atom. The molecule has 2 nitrogen and oxygen atoms in total. The Hall–Kier alpha value is -0.672. The van der Waals surface area contributed by atoms with Crippen molar-refractivity contribution in [3.8, 4) is 0 Å². The van der Waals surface area contributed by atoms with E-state index in [4.69, 9.17) is 5.11 Å². The van der Waals surface area contributed by atoms with E-state index in [0.717, 1.165) is 18.6 Å². The minimum Gasteiger partial charge on any atom is -0.396 e. The van der Waals surface area contributed by atoms with Crippen LogP contribution < -0.4 is 0 Å². The zero-order valence-electron chi connectivity index (χ0n) is 10.2. The van der Waals surface area contributed by atoms with E-state index < -0.39 is 11.7 Å². The first-order chi connectivity index (χ1) is 8.45. The summed E-state index contributed by atoms with van der Waals surface area (Å²) >= 11 is 0. The van der Waals surface area contributed by atoms with Crippen LogP contribution in [0.15, 0.2) is 24.3 Å². The van der Waals surface area contributed by atoms with E-state index >= 15 is 0 Å². The minimum atomic E-state index is -4.37. The molecule has 1 N–H and O–H groups in total. The number of hydrogen-bond donors (Lipinski definition) is 1. The van der Waals surface area contributed by atoms with Crippen LogP contribution in [0.4, 0.5) is 13.2 Å². The molecule has 106 valence electrons. The van der Waals surface area contributed by atoms with Crippen molar-refractivity contribution in [2.75, 3.05) is 6.61 Å². The van der Waals surface area contributed by atoms with Crippen LogP contribution in [0.5, 0.6) is 0 Å². The third-order valence-electron chi connectivity index (χ3n) is 2.60. The summed E-state index contributed by atoms with van der Waals surface area (Å²) in [5.74, 6) is -0.165. The fourth-order valence-electron chi connectivity index (χ4n) is 1.56. The van der Waals surface area contributed by atoms with Crippen LogP contribution in [0.1, 0.15) is 41.6 Å². The maximum absolute atomic E-state index is 12.3. The van der Waals surface area contributed by atoms with E-state index in [-0.39, 0.29) is 33.5 Å². The van der Waals surface area contributed by atoms with Gasteiger partial charge in [-0.3, -0.25) is 4.79 Å². The Bertz CT molecular complexity index is 388. The molecule has 19 heavy (non-hydrogen) atoms. The molecule has 0 saturated carbocycles. The summed E-state index contributed by atoms with van der Waals surface area (Å²) in [6.07, 6.45) is -2.06. The number of alkyl halides is 3. The van der Waals surface area contributed by atoms with Gasteiger partial charge in [0.25, 0.3) is 0 Å². The van der Waals surface area contributed by atoms with Crippen molar-refractivity contribution in [3.05, 3.63) is 35.4 Å². The number of rotatable bonds is 6. The van der Waals surface area contributed by atoms with Gasteiger partial charge in [0.05, 0.1) is 5.56 Å². The van der Waals surface area contributed by atoms with Gasteiger partial charge in [-0.15, -0.1) is 0 Å². The van der Waals surface area contributed by atoms with Crippen molar-refractivity contribution < 1.29 is 44.1 Å². The number of unbranched alkanes of at least 4 members (excludes halogenated alkanes) is 2. The quantitative estimate of drug-likeness (QED) is 0.540. The first-order valence-electron chi connectivity index (χ1n) is 5.76. The molecule has 1 aromatic carbocycles. The number of benzene rings is 1. The molecule has 0 unspecified atom stereocenters. The van der Waals surface area contributed by atoms with Gasteiger partial charge in [0.2, 0.25) is 0 Å². The second-order valence-corrected chi connectivity index (χ2v) is 4.03. The van der Waals surface area contributed by atoms with Gasteiger partial charge in [0.1, 0.15) is 0 Å². The van der Waals surface area contributed by atoms with Crippen LogP contribution >= 0.6 is 0 Å². The fourth-order valence-corrected chi connectivity index (χ4v) is 1.56. The van der Waals surface area contributed by atoms with Gasteiger partial charge in [-0.2, -0.15) is 13.2 Å². The third kappa shape index (κ3) is 6.35. The van der Waals surface area contributed by atoms with Gasteiger partial charge in [-0.05, 0) is 25.0 Å². The van der Waals surface area contributed by atoms with E-state index in [2.05, 4.69) is 0 Å². The molecule has 0 aromatic heterocycles.